The molecule has 1 saturated carbocycles. The number of nitrogens with zero attached hydrogens (tertiary/aromatic N) is 4. The van der Waals surface area contributed by atoms with Gasteiger partial charge in [0.25, 0.3) is 0 Å². The molecule has 0 aromatic carbocycles. The lowest BCUT2D eigenvalue weighted by Crippen LogP contribution is -2.32. The minimum absolute atomic E-state index is 0.241. The van der Waals surface area contributed by atoms with Crippen LogP contribution in [0.3, 0.4) is 0 Å². The second kappa shape index (κ2) is 6.18. The number of anilines is 2. The molecule has 0 atom stereocenters. The summed E-state index contributed by atoms with van der Waals surface area (Å²) in [5, 5.41) is 3.15. The first-order chi connectivity index (χ1) is 8.70. The summed E-state index contributed by atoms with van der Waals surface area (Å²) in [6.07, 6.45) is 7.65. The molecule has 0 bridgehead atoms. The summed E-state index contributed by atoms with van der Waals surface area (Å²) in [7, 11) is 3.82. The van der Waals surface area contributed by atoms with Gasteiger partial charge in [-0.2, -0.15) is 15.0 Å². The predicted octanol–water partition coefficient (Wildman–Crippen LogP) is 2.73. The molecule has 1 heterocycles. The normalized spacial score (nSPS) is 17.3. The number of aromatic nitrogens is 3. The number of nitrogens with one attached hydrogen (secondary N) is 1. The van der Waals surface area contributed by atoms with Crippen LogP contribution in [0.25, 0.3) is 0 Å². The topological polar surface area (TPSA) is 53.9 Å². The van der Waals surface area contributed by atoms with E-state index in [-0.39, 0.29) is 5.28 Å². The van der Waals surface area contributed by atoms with Gasteiger partial charge < -0.3 is 10.2 Å². The third-order valence-electron chi connectivity index (χ3n) is 3.51. The van der Waals surface area contributed by atoms with Crippen LogP contribution in [0.15, 0.2) is 0 Å². The third-order valence-corrected chi connectivity index (χ3v) is 3.68. The fourth-order valence-corrected chi connectivity index (χ4v) is 2.57. The zero-order chi connectivity index (χ0) is 13.0. The van der Waals surface area contributed by atoms with Crippen molar-refractivity contribution in [3.63, 3.8) is 0 Å². The molecule has 1 aromatic rings. The summed E-state index contributed by atoms with van der Waals surface area (Å²) in [6, 6.07) is 0.510. The Morgan fingerprint density at radius 2 is 1.78 bits per heavy atom. The van der Waals surface area contributed by atoms with Crippen molar-refractivity contribution in [1.82, 2.24) is 15.0 Å². The second-order valence-corrected chi connectivity index (χ2v) is 5.07. The third kappa shape index (κ3) is 3.22. The average Bonchev–Trinajstić information content (AvgIpc) is 2.65. The van der Waals surface area contributed by atoms with E-state index in [1.54, 1.807) is 7.05 Å². The van der Waals surface area contributed by atoms with Crippen LogP contribution in [0.2, 0.25) is 5.28 Å². The van der Waals surface area contributed by atoms with E-state index in [0.717, 1.165) is 0 Å². The fraction of sp³-hybridized carbons (Fsp3) is 0.750. The van der Waals surface area contributed by atoms with Crippen LogP contribution in [0.1, 0.15) is 38.5 Å². The second-order valence-electron chi connectivity index (χ2n) is 4.73. The summed E-state index contributed by atoms with van der Waals surface area (Å²) >= 11 is 5.92. The first kappa shape index (κ1) is 13.3. The molecule has 0 aliphatic heterocycles. The molecule has 1 aliphatic carbocycles. The van der Waals surface area contributed by atoms with Crippen LogP contribution < -0.4 is 10.2 Å². The quantitative estimate of drug-likeness (QED) is 0.855. The molecule has 2 rings (SSSR count). The van der Waals surface area contributed by atoms with E-state index in [1.165, 1.54) is 38.5 Å². The largest absolute Gasteiger partial charge is 0.357 e. The molecular weight excluding hydrogens is 250 g/mol. The summed E-state index contributed by atoms with van der Waals surface area (Å²) in [5.41, 5.74) is 0. The molecule has 0 amide bonds. The van der Waals surface area contributed by atoms with Crippen LogP contribution >= 0.6 is 11.6 Å². The maximum Gasteiger partial charge on any atom is 0.231 e. The highest BCUT2D eigenvalue weighted by molar-refractivity contribution is 6.28. The number of rotatable bonds is 3. The number of hydrogen-bond donors (Lipinski definition) is 1. The minimum Gasteiger partial charge on any atom is -0.357 e. The molecule has 0 spiro atoms. The Labute approximate surface area is 113 Å². The fourth-order valence-electron chi connectivity index (χ4n) is 2.42. The van der Waals surface area contributed by atoms with Crippen LogP contribution in [0.4, 0.5) is 11.9 Å². The molecule has 0 unspecified atom stereocenters. The number of halogens is 1. The Bertz CT molecular complexity index is 390. The van der Waals surface area contributed by atoms with Gasteiger partial charge in [-0.25, -0.2) is 0 Å². The van der Waals surface area contributed by atoms with Gasteiger partial charge in [0.2, 0.25) is 17.2 Å². The van der Waals surface area contributed by atoms with Gasteiger partial charge in [0.1, 0.15) is 0 Å². The average molecular weight is 270 g/mol. The zero-order valence-corrected chi connectivity index (χ0v) is 11.7. The monoisotopic (exact) mass is 269 g/mol. The van der Waals surface area contributed by atoms with Crippen LogP contribution in [-0.2, 0) is 0 Å². The van der Waals surface area contributed by atoms with Crippen molar-refractivity contribution in [3.05, 3.63) is 5.28 Å². The molecule has 1 fully saturated rings. The van der Waals surface area contributed by atoms with Gasteiger partial charge in [-0.05, 0) is 24.4 Å². The van der Waals surface area contributed by atoms with Gasteiger partial charge in [0.15, 0.2) is 0 Å². The molecule has 0 saturated heterocycles. The van der Waals surface area contributed by atoms with Crippen molar-refractivity contribution in [2.45, 2.75) is 44.6 Å². The Morgan fingerprint density at radius 3 is 2.39 bits per heavy atom. The van der Waals surface area contributed by atoms with Crippen molar-refractivity contribution in [1.29, 1.82) is 0 Å². The smallest absolute Gasteiger partial charge is 0.231 e. The highest BCUT2D eigenvalue weighted by atomic mass is 35.5. The van der Waals surface area contributed by atoms with E-state index in [1.807, 2.05) is 7.05 Å². The van der Waals surface area contributed by atoms with E-state index in [4.69, 9.17) is 11.6 Å². The van der Waals surface area contributed by atoms with E-state index in [9.17, 15) is 0 Å². The zero-order valence-electron chi connectivity index (χ0n) is 11.0. The van der Waals surface area contributed by atoms with E-state index in [0.29, 0.717) is 17.9 Å². The summed E-state index contributed by atoms with van der Waals surface area (Å²) in [4.78, 5) is 14.7. The molecular formula is C12H20ClN5. The molecule has 6 heteroatoms. The first-order valence-corrected chi connectivity index (χ1v) is 6.90. The van der Waals surface area contributed by atoms with Crippen molar-refractivity contribution < 1.29 is 0 Å². The summed E-state index contributed by atoms with van der Waals surface area (Å²) in [5.74, 6) is 1.18. The van der Waals surface area contributed by atoms with Crippen molar-refractivity contribution in [2.75, 3.05) is 24.3 Å². The number of hydrogen-bond acceptors (Lipinski definition) is 5. The maximum atomic E-state index is 5.92. The van der Waals surface area contributed by atoms with Gasteiger partial charge in [0.05, 0.1) is 0 Å². The summed E-state index contributed by atoms with van der Waals surface area (Å²) < 4.78 is 0. The SMILES string of the molecule is CNc1nc(Cl)nc(N(C)C2CCCCCC2)n1. The molecule has 100 valence electrons. The van der Waals surface area contributed by atoms with E-state index in [2.05, 4.69) is 25.2 Å². The summed E-state index contributed by atoms with van der Waals surface area (Å²) in [6.45, 7) is 0. The molecule has 0 radical (unpaired) electrons. The highest BCUT2D eigenvalue weighted by Gasteiger charge is 2.20. The highest BCUT2D eigenvalue weighted by Crippen LogP contribution is 2.24. The molecule has 5 nitrogen and oxygen atoms in total. The van der Waals surface area contributed by atoms with Crippen LogP contribution in [-0.4, -0.2) is 35.1 Å². The first-order valence-electron chi connectivity index (χ1n) is 6.53. The molecule has 18 heavy (non-hydrogen) atoms. The Hall–Kier alpha value is -1.10. The van der Waals surface area contributed by atoms with Crippen molar-refractivity contribution in [3.8, 4) is 0 Å². The minimum atomic E-state index is 0.241. The van der Waals surface area contributed by atoms with Crippen molar-refractivity contribution >= 4 is 23.5 Å². The van der Waals surface area contributed by atoms with Gasteiger partial charge in [-0.1, -0.05) is 25.7 Å². The van der Waals surface area contributed by atoms with Gasteiger partial charge in [0, 0.05) is 20.1 Å². The lowest BCUT2D eigenvalue weighted by molar-refractivity contribution is 0.544. The lowest BCUT2D eigenvalue weighted by atomic mass is 10.1. The van der Waals surface area contributed by atoms with Crippen LogP contribution in [0.5, 0.6) is 0 Å². The van der Waals surface area contributed by atoms with Gasteiger partial charge in [-0.3, -0.25) is 0 Å². The Morgan fingerprint density at radius 1 is 1.11 bits per heavy atom. The molecule has 1 aliphatic rings. The van der Waals surface area contributed by atoms with E-state index < -0.39 is 0 Å². The Kier molecular flexibility index (Phi) is 4.58. The van der Waals surface area contributed by atoms with Crippen LogP contribution in [0, 0.1) is 0 Å². The van der Waals surface area contributed by atoms with Crippen molar-refractivity contribution in [2.24, 2.45) is 0 Å². The molecule has 1 N–H and O–H groups in total. The molecule has 1 aromatic heterocycles. The lowest BCUT2D eigenvalue weighted by Gasteiger charge is -2.27. The predicted molar refractivity (Wildman–Crippen MR) is 74.3 cm³/mol. The van der Waals surface area contributed by atoms with E-state index >= 15 is 0 Å². The maximum absolute atomic E-state index is 5.92. The van der Waals surface area contributed by atoms with Gasteiger partial charge in [-0.15, -0.1) is 0 Å². The standard InChI is InChI=1S/C12H20ClN5/c1-14-11-15-10(13)16-12(17-11)18(2)9-7-5-3-4-6-8-9/h9H,3-8H2,1-2H3,(H,14,15,16,17). The van der Waals surface area contributed by atoms with Gasteiger partial charge >= 0.3 is 0 Å². The Balaban J connectivity index is 2.15.